The van der Waals surface area contributed by atoms with Crippen molar-refractivity contribution >= 4 is 23.2 Å². The number of nitrogens with one attached hydrogen (secondary N) is 1. The maximum atomic E-state index is 12.1. The number of aromatic nitrogens is 1. The van der Waals surface area contributed by atoms with Crippen molar-refractivity contribution in [2.24, 2.45) is 0 Å². The van der Waals surface area contributed by atoms with Crippen LogP contribution in [0.3, 0.4) is 0 Å². The van der Waals surface area contributed by atoms with Crippen molar-refractivity contribution in [1.29, 1.82) is 0 Å². The van der Waals surface area contributed by atoms with Crippen LogP contribution in [0.4, 0.5) is 5.69 Å². The van der Waals surface area contributed by atoms with Gasteiger partial charge in [-0.25, -0.2) is 4.98 Å². The molecule has 0 saturated carbocycles. The lowest BCUT2D eigenvalue weighted by atomic mass is 10.1. The molecule has 0 radical (unpaired) electrons. The molecule has 0 aliphatic carbocycles. The minimum Gasteiger partial charge on any atom is -0.437 e. The lowest BCUT2D eigenvalue weighted by molar-refractivity contribution is 0.0919. The van der Waals surface area contributed by atoms with Crippen LogP contribution in [0.15, 0.2) is 36.5 Å². The monoisotopic (exact) mass is 319 g/mol. The van der Waals surface area contributed by atoms with Crippen LogP contribution in [0.5, 0.6) is 11.6 Å². The number of rotatable bonds is 3. The topological polar surface area (TPSA) is 77.2 Å². The molecule has 0 spiro atoms. The fourth-order valence-electron chi connectivity index (χ4n) is 1.73. The Morgan fingerprint density at radius 2 is 2.00 bits per heavy atom. The quantitative estimate of drug-likeness (QED) is 0.847. The average Bonchev–Trinajstić information content (AvgIpc) is 2.40. The van der Waals surface area contributed by atoms with E-state index in [9.17, 15) is 4.79 Å². The second kappa shape index (κ2) is 6.23. The molecule has 1 amide bonds. The lowest BCUT2D eigenvalue weighted by Crippen LogP contribution is -2.40. The van der Waals surface area contributed by atoms with E-state index in [2.05, 4.69) is 10.3 Å². The number of nitrogen functional groups attached to an aromatic ring is 1. The zero-order valence-corrected chi connectivity index (χ0v) is 13.4. The first-order valence-electron chi connectivity index (χ1n) is 6.76. The van der Waals surface area contributed by atoms with Crippen LogP contribution in [-0.4, -0.2) is 16.4 Å². The summed E-state index contributed by atoms with van der Waals surface area (Å²) in [4.78, 5) is 16.2. The lowest BCUT2D eigenvalue weighted by Gasteiger charge is -2.20. The van der Waals surface area contributed by atoms with Crippen LogP contribution in [0, 0.1) is 0 Å². The van der Waals surface area contributed by atoms with E-state index in [1.54, 1.807) is 30.3 Å². The molecule has 0 bridgehead atoms. The highest BCUT2D eigenvalue weighted by Crippen LogP contribution is 2.30. The number of carbonyl (C=O) groups is 1. The summed E-state index contributed by atoms with van der Waals surface area (Å²) in [6.45, 7) is 5.74. The van der Waals surface area contributed by atoms with Gasteiger partial charge in [0.1, 0.15) is 5.75 Å². The highest BCUT2D eigenvalue weighted by molar-refractivity contribution is 6.32. The van der Waals surface area contributed by atoms with Gasteiger partial charge in [-0.3, -0.25) is 4.79 Å². The highest BCUT2D eigenvalue weighted by Gasteiger charge is 2.16. The summed E-state index contributed by atoms with van der Waals surface area (Å²) in [6, 6.07) is 8.11. The average molecular weight is 320 g/mol. The molecule has 1 heterocycles. The van der Waals surface area contributed by atoms with Gasteiger partial charge in [0.15, 0.2) is 0 Å². The number of halogens is 1. The molecule has 1 aromatic carbocycles. The minimum atomic E-state index is -0.318. The number of hydrogen-bond donors (Lipinski definition) is 2. The van der Waals surface area contributed by atoms with Crippen molar-refractivity contribution in [1.82, 2.24) is 10.3 Å². The summed E-state index contributed by atoms with van der Waals surface area (Å²) >= 11 is 6.06. The molecule has 116 valence electrons. The zero-order chi connectivity index (χ0) is 16.3. The third-order valence-electron chi connectivity index (χ3n) is 2.66. The molecule has 22 heavy (non-hydrogen) atoms. The standard InChI is InChI=1S/C16H18ClN3O2/c1-16(2,3)20-15(21)10-6-7-19-14(8-10)22-13-5-4-11(18)9-12(13)17/h4-9H,18H2,1-3H3,(H,20,21). The van der Waals surface area contributed by atoms with Gasteiger partial charge in [-0.2, -0.15) is 0 Å². The van der Waals surface area contributed by atoms with Crippen molar-refractivity contribution in [2.75, 3.05) is 5.73 Å². The first-order valence-corrected chi connectivity index (χ1v) is 7.14. The van der Waals surface area contributed by atoms with E-state index < -0.39 is 0 Å². The molecular weight excluding hydrogens is 302 g/mol. The summed E-state index contributed by atoms with van der Waals surface area (Å²) < 4.78 is 5.61. The number of carbonyl (C=O) groups excluding carboxylic acids is 1. The molecule has 0 saturated heterocycles. The summed E-state index contributed by atoms with van der Waals surface area (Å²) in [6.07, 6.45) is 1.51. The molecule has 3 N–H and O–H groups in total. The maximum Gasteiger partial charge on any atom is 0.251 e. The Labute approximate surface area is 134 Å². The van der Waals surface area contributed by atoms with Gasteiger partial charge in [-0.1, -0.05) is 11.6 Å². The largest absolute Gasteiger partial charge is 0.437 e. The third-order valence-corrected chi connectivity index (χ3v) is 2.95. The van der Waals surface area contributed by atoms with Gasteiger partial charge < -0.3 is 15.8 Å². The number of ether oxygens (including phenoxy) is 1. The SMILES string of the molecule is CC(C)(C)NC(=O)c1ccnc(Oc2ccc(N)cc2Cl)c1. The van der Waals surface area contributed by atoms with E-state index in [0.29, 0.717) is 22.0 Å². The van der Waals surface area contributed by atoms with E-state index in [0.717, 1.165) is 0 Å². The summed E-state index contributed by atoms with van der Waals surface area (Å²) in [5, 5.41) is 3.26. The van der Waals surface area contributed by atoms with Crippen molar-refractivity contribution < 1.29 is 9.53 Å². The number of benzene rings is 1. The molecule has 0 atom stereocenters. The van der Waals surface area contributed by atoms with E-state index >= 15 is 0 Å². The van der Waals surface area contributed by atoms with Crippen LogP contribution in [0.25, 0.3) is 0 Å². The van der Waals surface area contributed by atoms with Crippen molar-refractivity contribution in [3.63, 3.8) is 0 Å². The van der Waals surface area contributed by atoms with Gasteiger partial charge in [-0.15, -0.1) is 0 Å². The molecule has 2 aromatic rings. The maximum absolute atomic E-state index is 12.1. The Morgan fingerprint density at radius 3 is 2.64 bits per heavy atom. The normalized spacial score (nSPS) is 11.1. The summed E-state index contributed by atoms with van der Waals surface area (Å²) in [5.41, 5.74) is 6.33. The van der Waals surface area contributed by atoms with Crippen LogP contribution < -0.4 is 15.8 Å². The van der Waals surface area contributed by atoms with Gasteiger partial charge in [-0.05, 0) is 45.0 Å². The molecule has 0 unspecified atom stereocenters. The number of anilines is 1. The van der Waals surface area contributed by atoms with E-state index in [1.807, 2.05) is 20.8 Å². The van der Waals surface area contributed by atoms with Crippen molar-refractivity contribution in [3.8, 4) is 11.6 Å². The number of nitrogens with zero attached hydrogens (tertiary/aromatic N) is 1. The van der Waals surface area contributed by atoms with Crippen LogP contribution in [0.2, 0.25) is 5.02 Å². The Hall–Kier alpha value is -2.27. The molecule has 6 heteroatoms. The second-order valence-electron chi connectivity index (χ2n) is 5.88. The van der Waals surface area contributed by atoms with Gasteiger partial charge >= 0.3 is 0 Å². The van der Waals surface area contributed by atoms with Crippen LogP contribution in [0.1, 0.15) is 31.1 Å². The second-order valence-corrected chi connectivity index (χ2v) is 6.29. The van der Waals surface area contributed by atoms with Gasteiger partial charge in [0.05, 0.1) is 5.02 Å². The first-order chi connectivity index (χ1) is 10.2. The van der Waals surface area contributed by atoms with Crippen LogP contribution >= 0.6 is 11.6 Å². The predicted octanol–water partition coefficient (Wildman–Crippen LogP) is 3.64. The van der Waals surface area contributed by atoms with E-state index in [-0.39, 0.29) is 17.3 Å². The van der Waals surface area contributed by atoms with Gasteiger partial charge in [0, 0.05) is 29.1 Å². The molecule has 1 aromatic heterocycles. The zero-order valence-electron chi connectivity index (χ0n) is 12.7. The molecular formula is C16H18ClN3O2. The summed E-state index contributed by atoms with van der Waals surface area (Å²) in [5.74, 6) is 0.521. The molecule has 0 fully saturated rings. The fraction of sp³-hybridized carbons (Fsp3) is 0.250. The fourth-order valence-corrected chi connectivity index (χ4v) is 1.96. The summed E-state index contributed by atoms with van der Waals surface area (Å²) in [7, 11) is 0. The van der Waals surface area contributed by atoms with Crippen molar-refractivity contribution in [2.45, 2.75) is 26.3 Å². The Kier molecular flexibility index (Phi) is 4.56. The Morgan fingerprint density at radius 1 is 1.27 bits per heavy atom. The Balaban J connectivity index is 2.20. The smallest absolute Gasteiger partial charge is 0.251 e. The van der Waals surface area contributed by atoms with Crippen molar-refractivity contribution in [3.05, 3.63) is 47.1 Å². The first kappa shape index (κ1) is 16.1. The number of hydrogen-bond acceptors (Lipinski definition) is 4. The minimum absolute atomic E-state index is 0.192. The molecule has 2 rings (SSSR count). The third kappa shape index (κ3) is 4.36. The predicted molar refractivity (Wildman–Crippen MR) is 87.4 cm³/mol. The van der Waals surface area contributed by atoms with E-state index in [4.69, 9.17) is 22.1 Å². The van der Waals surface area contributed by atoms with Crippen LogP contribution in [-0.2, 0) is 0 Å². The Bertz CT molecular complexity index is 696. The van der Waals surface area contributed by atoms with Gasteiger partial charge in [0.25, 0.3) is 5.91 Å². The van der Waals surface area contributed by atoms with Gasteiger partial charge in [0.2, 0.25) is 5.88 Å². The number of nitrogens with two attached hydrogens (primary N) is 1. The number of pyridine rings is 1. The molecule has 0 aliphatic heterocycles. The highest BCUT2D eigenvalue weighted by atomic mass is 35.5. The number of amides is 1. The molecule has 5 nitrogen and oxygen atoms in total. The molecule has 0 aliphatic rings. The van der Waals surface area contributed by atoms with E-state index in [1.165, 1.54) is 6.20 Å².